The minimum absolute atomic E-state index is 0.0649. The lowest BCUT2D eigenvalue weighted by Gasteiger charge is -2.22. The molecule has 0 fully saturated rings. The van der Waals surface area contributed by atoms with E-state index in [0.717, 1.165) is 5.56 Å². The lowest BCUT2D eigenvalue weighted by Crippen LogP contribution is -2.40. The van der Waals surface area contributed by atoms with E-state index in [1.54, 1.807) is 45.6 Å². The molecule has 29 heavy (non-hydrogen) atoms. The lowest BCUT2D eigenvalue weighted by atomic mass is 10.1. The van der Waals surface area contributed by atoms with Gasteiger partial charge in [-0.2, -0.15) is 0 Å². The van der Waals surface area contributed by atoms with Gasteiger partial charge < -0.3 is 29.5 Å². The first kappa shape index (κ1) is 21.9. The molecule has 0 radical (unpaired) electrons. The smallest absolute Gasteiger partial charge is 0.323 e. The van der Waals surface area contributed by atoms with E-state index in [2.05, 4.69) is 5.32 Å². The molecule has 2 aromatic rings. The molecule has 0 atom stereocenters. The van der Waals surface area contributed by atoms with E-state index in [-0.39, 0.29) is 19.0 Å². The topological polar surface area (TPSA) is 97.3 Å². The Bertz CT molecular complexity index is 822. The monoisotopic (exact) mass is 402 g/mol. The van der Waals surface area contributed by atoms with Crippen LogP contribution in [-0.4, -0.2) is 57.9 Å². The maximum Gasteiger partial charge on any atom is 0.323 e. The van der Waals surface area contributed by atoms with E-state index in [9.17, 15) is 9.59 Å². The van der Waals surface area contributed by atoms with Crippen LogP contribution in [0.25, 0.3) is 0 Å². The van der Waals surface area contributed by atoms with E-state index in [1.807, 2.05) is 18.2 Å². The summed E-state index contributed by atoms with van der Waals surface area (Å²) in [4.78, 5) is 25.0. The highest BCUT2D eigenvalue weighted by molar-refractivity contribution is 5.84. The van der Waals surface area contributed by atoms with Crippen molar-refractivity contribution in [3.05, 3.63) is 48.0 Å². The minimum atomic E-state index is -1.01. The number of rotatable bonds is 11. The van der Waals surface area contributed by atoms with Crippen molar-refractivity contribution in [2.45, 2.75) is 6.42 Å². The number of carboxylic acids is 1. The van der Waals surface area contributed by atoms with Crippen molar-refractivity contribution in [3.63, 3.8) is 0 Å². The summed E-state index contributed by atoms with van der Waals surface area (Å²) in [5.41, 5.74) is 1.61. The van der Waals surface area contributed by atoms with Crippen LogP contribution >= 0.6 is 0 Å². The maximum absolute atomic E-state index is 12.3. The van der Waals surface area contributed by atoms with Crippen LogP contribution in [0.3, 0.4) is 0 Å². The van der Waals surface area contributed by atoms with Crippen molar-refractivity contribution in [1.29, 1.82) is 0 Å². The molecule has 1 amide bonds. The highest BCUT2D eigenvalue weighted by atomic mass is 16.5. The maximum atomic E-state index is 12.3. The Morgan fingerprint density at radius 1 is 0.931 bits per heavy atom. The summed E-state index contributed by atoms with van der Waals surface area (Å²) in [5.74, 6) is 0.650. The molecule has 0 bridgehead atoms. The third-order valence-corrected chi connectivity index (χ3v) is 4.28. The average molecular weight is 402 g/mol. The molecule has 0 aliphatic rings. The molecule has 0 saturated heterocycles. The van der Waals surface area contributed by atoms with Gasteiger partial charge in [0.25, 0.3) is 0 Å². The molecular formula is C21H26N2O6. The summed E-state index contributed by atoms with van der Waals surface area (Å²) >= 11 is 0. The zero-order chi connectivity index (χ0) is 21.2. The van der Waals surface area contributed by atoms with Gasteiger partial charge in [0.15, 0.2) is 11.5 Å². The van der Waals surface area contributed by atoms with Gasteiger partial charge in [0.05, 0.1) is 27.9 Å². The molecule has 8 heteroatoms. The Morgan fingerprint density at radius 2 is 1.62 bits per heavy atom. The molecule has 0 heterocycles. The zero-order valence-electron chi connectivity index (χ0n) is 16.8. The Balaban J connectivity index is 1.93. The third kappa shape index (κ3) is 6.60. The number of carbonyl (C=O) groups excluding carboxylic acids is 1. The second kappa shape index (κ2) is 10.8. The number of nitrogens with zero attached hydrogens (tertiary/aromatic N) is 1. The molecule has 8 nitrogen and oxygen atoms in total. The number of benzene rings is 2. The Hall–Kier alpha value is -3.42. The largest absolute Gasteiger partial charge is 0.497 e. The molecule has 0 aromatic heterocycles. The first-order valence-corrected chi connectivity index (χ1v) is 9.05. The van der Waals surface area contributed by atoms with E-state index in [4.69, 9.17) is 19.3 Å². The fourth-order valence-electron chi connectivity index (χ4n) is 2.81. The molecule has 2 aromatic carbocycles. The summed E-state index contributed by atoms with van der Waals surface area (Å²) in [6, 6.07) is 12.5. The molecule has 0 saturated carbocycles. The van der Waals surface area contributed by atoms with Crippen LogP contribution in [0.15, 0.2) is 42.5 Å². The number of hydrogen-bond acceptors (Lipinski definition) is 6. The molecule has 2 rings (SSSR count). The van der Waals surface area contributed by atoms with Crippen LogP contribution in [-0.2, 0) is 16.0 Å². The molecule has 0 aliphatic carbocycles. The summed E-state index contributed by atoms with van der Waals surface area (Å²) in [5, 5.41) is 12.0. The van der Waals surface area contributed by atoms with Gasteiger partial charge in [0, 0.05) is 12.2 Å². The van der Waals surface area contributed by atoms with Gasteiger partial charge in [0.2, 0.25) is 5.91 Å². The number of nitrogens with one attached hydrogen (secondary N) is 1. The van der Waals surface area contributed by atoms with E-state index >= 15 is 0 Å². The molecule has 0 unspecified atom stereocenters. The van der Waals surface area contributed by atoms with Gasteiger partial charge in [-0.3, -0.25) is 9.59 Å². The zero-order valence-corrected chi connectivity index (χ0v) is 16.8. The van der Waals surface area contributed by atoms with Crippen LogP contribution in [0.4, 0.5) is 5.69 Å². The molecule has 0 spiro atoms. The minimum Gasteiger partial charge on any atom is -0.497 e. The number of anilines is 1. The van der Waals surface area contributed by atoms with Gasteiger partial charge >= 0.3 is 5.97 Å². The van der Waals surface area contributed by atoms with E-state index in [1.165, 1.54) is 4.90 Å². The summed E-state index contributed by atoms with van der Waals surface area (Å²) in [6.07, 6.45) is 0.605. The van der Waals surface area contributed by atoms with Crippen molar-refractivity contribution < 1.29 is 28.9 Å². The average Bonchev–Trinajstić information content (AvgIpc) is 2.72. The first-order valence-electron chi connectivity index (χ1n) is 9.05. The van der Waals surface area contributed by atoms with Crippen LogP contribution in [0.2, 0.25) is 0 Å². The van der Waals surface area contributed by atoms with Crippen molar-refractivity contribution >= 4 is 17.6 Å². The summed E-state index contributed by atoms with van der Waals surface area (Å²) < 4.78 is 15.6. The number of hydrogen-bond donors (Lipinski definition) is 2. The first-order chi connectivity index (χ1) is 14.0. The van der Waals surface area contributed by atoms with E-state index < -0.39 is 5.97 Å². The van der Waals surface area contributed by atoms with Gasteiger partial charge in [0.1, 0.15) is 12.3 Å². The number of ether oxygens (including phenoxy) is 3. The summed E-state index contributed by atoms with van der Waals surface area (Å²) in [7, 11) is 4.69. The van der Waals surface area contributed by atoms with Gasteiger partial charge in [-0.25, -0.2) is 0 Å². The van der Waals surface area contributed by atoms with E-state index in [0.29, 0.717) is 35.9 Å². The van der Waals surface area contributed by atoms with Crippen LogP contribution < -0.4 is 24.4 Å². The lowest BCUT2D eigenvalue weighted by molar-refractivity contribution is -0.135. The van der Waals surface area contributed by atoms with Crippen LogP contribution in [0, 0.1) is 0 Å². The number of amides is 1. The summed E-state index contributed by atoms with van der Waals surface area (Å²) in [6.45, 7) is 0.0673. The van der Waals surface area contributed by atoms with Crippen molar-refractivity contribution in [2.75, 3.05) is 45.9 Å². The van der Waals surface area contributed by atoms with Crippen LogP contribution in [0.5, 0.6) is 17.2 Å². The second-order valence-corrected chi connectivity index (χ2v) is 6.24. The Morgan fingerprint density at radius 3 is 2.21 bits per heavy atom. The van der Waals surface area contributed by atoms with Crippen LogP contribution in [0.1, 0.15) is 5.56 Å². The fraction of sp³-hybridized carbons (Fsp3) is 0.333. The molecule has 2 N–H and O–H groups in total. The van der Waals surface area contributed by atoms with Crippen molar-refractivity contribution in [2.24, 2.45) is 0 Å². The number of aliphatic carboxylic acids is 1. The standard InChI is InChI=1S/C21H26N2O6/c1-27-17-7-5-16(6-8-17)23(14-21(25)26)13-20(24)22-11-10-15-4-9-18(28-2)19(12-15)29-3/h4-9,12H,10-11,13-14H2,1-3H3,(H,22,24)(H,25,26). The quantitative estimate of drug-likeness (QED) is 0.593. The van der Waals surface area contributed by atoms with Crippen molar-refractivity contribution in [3.8, 4) is 17.2 Å². The number of methoxy groups -OCH3 is 3. The second-order valence-electron chi connectivity index (χ2n) is 6.24. The normalized spacial score (nSPS) is 10.2. The number of carboxylic acid groups (broad SMARTS) is 1. The van der Waals surface area contributed by atoms with Crippen molar-refractivity contribution in [1.82, 2.24) is 5.32 Å². The molecule has 0 aliphatic heterocycles. The van der Waals surface area contributed by atoms with Gasteiger partial charge in [-0.05, 0) is 48.4 Å². The number of carbonyl (C=O) groups is 2. The SMILES string of the molecule is COc1ccc(N(CC(=O)O)CC(=O)NCCc2ccc(OC)c(OC)c2)cc1. The predicted octanol–water partition coefficient (Wildman–Crippen LogP) is 1.96. The highest BCUT2D eigenvalue weighted by Crippen LogP contribution is 2.27. The highest BCUT2D eigenvalue weighted by Gasteiger charge is 2.15. The Kier molecular flexibility index (Phi) is 8.14. The fourth-order valence-corrected chi connectivity index (χ4v) is 2.81. The molecule has 156 valence electrons. The molecular weight excluding hydrogens is 376 g/mol. The van der Waals surface area contributed by atoms with Gasteiger partial charge in [-0.1, -0.05) is 6.07 Å². The van der Waals surface area contributed by atoms with Gasteiger partial charge in [-0.15, -0.1) is 0 Å². The third-order valence-electron chi connectivity index (χ3n) is 4.28. The predicted molar refractivity (Wildman–Crippen MR) is 109 cm³/mol. The Labute approximate surface area is 170 Å².